The molecule has 0 aromatic heterocycles. The van der Waals surface area contributed by atoms with Gasteiger partial charge in [0.2, 0.25) is 5.91 Å². The second kappa shape index (κ2) is 62.3. The number of carbonyl (C=O) groups is 1. The van der Waals surface area contributed by atoms with Crippen molar-refractivity contribution >= 4 is 5.91 Å². The van der Waals surface area contributed by atoms with E-state index in [2.05, 4.69) is 19.2 Å². The first-order chi connectivity index (χ1) is 41.2. The van der Waals surface area contributed by atoms with Gasteiger partial charge in [0.25, 0.3) is 0 Å². The van der Waals surface area contributed by atoms with E-state index in [1.807, 2.05) is 0 Å². The van der Waals surface area contributed by atoms with Gasteiger partial charge in [-0.25, -0.2) is 0 Å². The molecule has 0 bridgehead atoms. The van der Waals surface area contributed by atoms with E-state index in [1.54, 1.807) is 0 Å². The van der Waals surface area contributed by atoms with Gasteiger partial charge in [-0.3, -0.25) is 4.79 Å². The Hall–Kier alpha value is -0.890. The molecule has 502 valence electrons. The van der Waals surface area contributed by atoms with Gasteiger partial charge in [-0.15, -0.1) is 0 Å². The number of nitrogens with one attached hydrogen (secondary N) is 1. The number of ether oxygens (including phenoxy) is 2. The Morgan fingerprint density at radius 1 is 0.369 bits per heavy atom. The summed E-state index contributed by atoms with van der Waals surface area (Å²) in [6.07, 6.45) is 64.8. The molecule has 11 heteroatoms. The van der Waals surface area contributed by atoms with Crippen molar-refractivity contribution in [2.45, 2.75) is 448 Å². The summed E-state index contributed by atoms with van der Waals surface area (Å²) in [5.74, 6) is -0.686. The van der Waals surface area contributed by atoms with Gasteiger partial charge in [-0.05, 0) is 12.8 Å². The third-order valence-corrected chi connectivity index (χ3v) is 18.7. The molecule has 9 unspecified atom stereocenters. The summed E-state index contributed by atoms with van der Waals surface area (Å²) in [6.45, 7) is 3.54. The molecule has 1 aliphatic rings. The van der Waals surface area contributed by atoms with Gasteiger partial charge in [0.15, 0.2) is 6.29 Å². The molecule has 1 saturated heterocycles. The van der Waals surface area contributed by atoms with Gasteiger partial charge in [-0.1, -0.05) is 380 Å². The minimum absolute atomic E-state index is 0.268. The third-order valence-electron chi connectivity index (χ3n) is 18.7. The van der Waals surface area contributed by atoms with Gasteiger partial charge in [-0.2, -0.15) is 0 Å². The normalized spacial score (nSPS) is 18.8. The van der Waals surface area contributed by atoms with Crippen LogP contribution in [0.2, 0.25) is 0 Å². The van der Waals surface area contributed by atoms with Gasteiger partial charge < -0.3 is 50.5 Å². The van der Waals surface area contributed by atoms with Crippen molar-refractivity contribution < 1.29 is 50.0 Å². The van der Waals surface area contributed by atoms with E-state index in [4.69, 9.17) is 9.47 Å². The van der Waals surface area contributed by atoms with Crippen molar-refractivity contribution in [3.05, 3.63) is 0 Å². The maximum Gasteiger partial charge on any atom is 0.249 e. The second-order valence-electron chi connectivity index (χ2n) is 26.7. The van der Waals surface area contributed by atoms with E-state index < -0.39 is 74.2 Å². The van der Waals surface area contributed by atoms with Crippen LogP contribution in [0.3, 0.4) is 0 Å². The van der Waals surface area contributed by atoms with Crippen LogP contribution in [-0.4, -0.2) is 110 Å². The summed E-state index contributed by atoms with van der Waals surface area (Å²) in [6, 6.07) is -1.16. The van der Waals surface area contributed by atoms with Crippen molar-refractivity contribution in [1.29, 1.82) is 0 Å². The Balaban J connectivity index is 2.15. The number of unbranched alkanes of at least 4 members (excludes halogenated alkanes) is 55. The number of hydrogen-bond donors (Lipinski definition) is 8. The van der Waals surface area contributed by atoms with Gasteiger partial charge in [0.1, 0.15) is 36.6 Å². The first-order valence-electron chi connectivity index (χ1n) is 37.4. The van der Waals surface area contributed by atoms with Crippen LogP contribution >= 0.6 is 0 Å². The molecule has 0 aromatic rings. The summed E-state index contributed by atoms with van der Waals surface area (Å²) in [4.78, 5) is 13.3. The first kappa shape index (κ1) is 81.1. The number of aliphatic hydroxyl groups is 7. The lowest BCUT2D eigenvalue weighted by atomic mass is 9.98. The zero-order valence-corrected chi connectivity index (χ0v) is 55.7. The summed E-state index contributed by atoms with van der Waals surface area (Å²) in [5, 5.41) is 76.7. The number of rotatable bonds is 67. The van der Waals surface area contributed by atoms with Gasteiger partial charge in [0, 0.05) is 0 Å². The van der Waals surface area contributed by atoms with Crippen LogP contribution in [0, 0.1) is 0 Å². The predicted molar refractivity (Wildman–Crippen MR) is 353 cm³/mol. The van der Waals surface area contributed by atoms with Crippen LogP contribution in [0.15, 0.2) is 0 Å². The average Bonchev–Trinajstić information content (AvgIpc) is 3.66. The number of carbonyl (C=O) groups excluding carboxylic acids is 1. The lowest BCUT2D eigenvalue weighted by Crippen LogP contribution is -2.60. The minimum Gasteiger partial charge on any atom is -0.394 e. The molecule has 1 amide bonds. The Morgan fingerprint density at radius 3 is 0.881 bits per heavy atom. The maximum atomic E-state index is 13.3. The largest absolute Gasteiger partial charge is 0.394 e. The molecule has 0 aromatic carbocycles. The predicted octanol–water partition coefficient (Wildman–Crippen LogP) is 18.4. The first-order valence-corrected chi connectivity index (χ1v) is 37.4. The molecular weight excluding hydrogens is 1050 g/mol. The summed E-state index contributed by atoms with van der Waals surface area (Å²) in [7, 11) is 0. The second-order valence-corrected chi connectivity index (χ2v) is 26.7. The highest BCUT2D eigenvalue weighted by Gasteiger charge is 2.44. The third kappa shape index (κ3) is 49.0. The number of aliphatic hydroxyl groups excluding tert-OH is 7. The van der Waals surface area contributed by atoms with Crippen molar-refractivity contribution in [2.75, 3.05) is 13.2 Å². The summed E-state index contributed by atoms with van der Waals surface area (Å²) < 4.78 is 11.2. The molecule has 1 fully saturated rings. The van der Waals surface area contributed by atoms with Crippen LogP contribution in [0.4, 0.5) is 0 Å². The van der Waals surface area contributed by atoms with Crippen molar-refractivity contribution in [3.63, 3.8) is 0 Å². The quantitative estimate of drug-likeness (QED) is 0.0272. The molecule has 11 nitrogen and oxygen atoms in total. The molecule has 84 heavy (non-hydrogen) atoms. The maximum absolute atomic E-state index is 13.3. The topological polar surface area (TPSA) is 189 Å². The fraction of sp³-hybridized carbons (Fsp3) is 0.986. The van der Waals surface area contributed by atoms with E-state index >= 15 is 0 Å². The molecule has 0 spiro atoms. The molecule has 8 N–H and O–H groups in total. The van der Waals surface area contributed by atoms with Crippen molar-refractivity contribution in [3.8, 4) is 0 Å². The SMILES string of the molecule is CCCCCCCCCCCCCCCCCCCCCCCCCCCCCCCCC(O)C(=O)NC(COC1OC(CO)C(O)C(O)C1O)C(O)C(O)CCCCCCCCCCCCCCCCCCCCCCCCCCCCC. The van der Waals surface area contributed by atoms with E-state index in [0.29, 0.717) is 19.3 Å². The molecule has 1 heterocycles. The minimum atomic E-state index is -1.66. The molecule has 0 radical (unpaired) electrons. The standard InChI is InChI=1S/C73H145NO10/c1-3-5-7-9-11-13-15-17-19-21-23-25-27-29-31-32-33-35-37-39-41-43-45-47-49-51-53-55-57-59-61-66(77)72(82)74-64(63-83-73-71(81)70(80)69(79)67(62-75)84-73)68(78)65(76)60-58-56-54-52-50-48-46-44-42-40-38-36-34-30-28-26-24-22-20-18-16-14-12-10-8-6-4-2/h64-71,73,75-81H,3-63H2,1-2H3,(H,74,82). The molecule has 0 saturated carbocycles. The molecular formula is C73H145NO10. The van der Waals surface area contributed by atoms with Crippen LogP contribution in [0.25, 0.3) is 0 Å². The van der Waals surface area contributed by atoms with Crippen LogP contribution in [-0.2, 0) is 14.3 Å². The molecule has 1 rings (SSSR count). The fourth-order valence-corrected chi connectivity index (χ4v) is 12.7. The number of hydrogen-bond acceptors (Lipinski definition) is 10. The average molecular weight is 1200 g/mol. The highest BCUT2D eigenvalue weighted by atomic mass is 16.7. The van der Waals surface area contributed by atoms with E-state index in [-0.39, 0.29) is 6.42 Å². The van der Waals surface area contributed by atoms with Gasteiger partial charge in [0.05, 0.1) is 25.4 Å². The van der Waals surface area contributed by atoms with Gasteiger partial charge >= 0.3 is 0 Å². The summed E-state index contributed by atoms with van der Waals surface area (Å²) >= 11 is 0. The van der Waals surface area contributed by atoms with Crippen LogP contribution in [0.5, 0.6) is 0 Å². The zero-order valence-electron chi connectivity index (χ0n) is 55.7. The monoisotopic (exact) mass is 1200 g/mol. The highest BCUT2D eigenvalue weighted by molar-refractivity contribution is 5.80. The van der Waals surface area contributed by atoms with E-state index in [0.717, 1.165) is 38.5 Å². The molecule has 9 atom stereocenters. The van der Waals surface area contributed by atoms with Crippen molar-refractivity contribution in [1.82, 2.24) is 5.32 Å². The van der Waals surface area contributed by atoms with E-state index in [1.165, 1.54) is 315 Å². The Morgan fingerprint density at radius 2 is 0.619 bits per heavy atom. The Labute approximate surface area is 520 Å². The van der Waals surface area contributed by atoms with Crippen molar-refractivity contribution in [2.24, 2.45) is 0 Å². The highest BCUT2D eigenvalue weighted by Crippen LogP contribution is 2.24. The summed E-state index contributed by atoms with van der Waals surface area (Å²) in [5.41, 5.74) is 0. The number of amides is 1. The van der Waals surface area contributed by atoms with E-state index in [9.17, 15) is 40.5 Å². The Bertz CT molecular complexity index is 1330. The Kier molecular flexibility index (Phi) is 60.2. The smallest absolute Gasteiger partial charge is 0.249 e. The molecule has 1 aliphatic heterocycles. The zero-order chi connectivity index (χ0) is 61.0. The lowest BCUT2D eigenvalue weighted by molar-refractivity contribution is -0.303. The molecule has 0 aliphatic carbocycles. The van der Waals surface area contributed by atoms with Crippen LogP contribution in [0.1, 0.15) is 393 Å². The van der Waals surface area contributed by atoms with Crippen LogP contribution < -0.4 is 5.32 Å². The fourth-order valence-electron chi connectivity index (χ4n) is 12.7. The lowest BCUT2D eigenvalue weighted by Gasteiger charge is -2.40.